The number of hydrogen-bond acceptors (Lipinski definition) is 6. The average Bonchev–Trinajstić information content (AvgIpc) is 2.78. The van der Waals surface area contributed by atoms with Gasteiger partial charge in [-0.25, -0.2) is 13.2 Å². The van der Waals surface area contributed by atoms with Crippen LogP contribution in [0.5, 0.6) is 5.75 Å². The number of benzene rings is 3. The number of esters is 1. The molecule has 3 rings (SSSR count). The molecule has 0 heterocycles. The lowest BCUT2D eigenvalue weighted by Crippen LogP contribution is -2.21. The van der Waals surface area contributed by atoms with Gasteiger partial charge >= 0.3 is 5.97 Å². The van der Waals surface area contributed by atoms with Crippen LogP contribution in [0.1, 0.15) is 15.9 Å². The predicted molar refractivity (Wildman–Crippen MR) is 120 cm³/mol. The quantitative estimate of drug-likeness (QED) is 0.503. The second-order valence-electron chi connectivity index (χ2n) is 6.86. The van der Waals surface area contributed by atoms with E-state index in [2.05, 4.69) is 10.0 Å². The van der Waals surface area contributed by atoms with Gasteiger partial charge in [-0.1, -0.05) is 18.2 Å². The first-order valence-electron chi connectivity index (χ1n) is 9.57. The van der Waals surface area contributed by atoms with Crippen molar-refractivity contribution in [2.24, 2.45) is 0 Å². The first-order valence-corrected chi connectivity index (χ1v) is 11.1. The van der Waals surface area contributed by atoms with Gasteiger partial charge in [0.15, 0.2) is 6.61 Å². The molecule has 3 aromatic carbocycles. The molecule has 0 aromatic heterocycles. The Morgan fingerprint density at radius 1 is 0.906 bits per heavy atom. The van der Waals surface area contributed by atoms with Crippen molar-refractivity contribution in [1.82, 2.24) is 0 Å². The minimum Gasteiger partial charge on any atom is -0.497 e. The zero-order chi connectivity index (χ0) is 23.1. The standard InChI is InChI=1S/C23H22N2O6S/c1-16-5-3-7-19(13-16)24-22(26)15-31-23(27)17-6-4-8-21(14-17)32(28,29)25-18-9-11-20(30-2)12-10-18/h3-14,25H,15H2,1-2H3,(H,24,26). The summed E-state index contributed by atoms with van der Waals surface area (Å²) in [6, 6.07) is 18.9. The maximum atomic E-state index is 12.7. The summed E-state index contributed by atoms with van der Waals surface area (Å²) in [5.74, 6) is -0.732. The first kappa shape index (κ1) is 22.8. The minimum atomic E-state index is -3.94. The predicted octanol–water partition coefficient (Wildman–Crippen LogP) is 3.60. The number of rotatable bonds is 8. The Kier molecular flexibility index (Phi) is 7.11. The highest BCUT2D eigenvalue weighted by molar-refractivity contribution is 7.92. The van der Waals surface area contributed by atoms with Crippen molar-refractivity contribution < 1.29 is 27.5 Å². The molecule has 0 radical (unpaired) electrons. The maximum Gasteiger partial charge on any atom is 0.338 e. The molecule has 1 amide bonds. The zero-order valence-electron chi connectivity index (χ0n) is 17.5. The van der Waals surface area contributed by atoms with Gasteiger partial charge in [-0.3, -0.25) is 9.52 Å². The van der Waals surface area contributed by atoms with Gasteiger partial charge in [0.05, 0.1) is 17.6 Å². The molecule has 0 atom stereocenters. The zero-order valence-corrected chi connectivity index (χ0v) is 18.3. The Morgan fingerprint density at radius 3 is 2.31 bits per heavy atom. The van der Waals surface area contributed by atoms with Crippen LogP contribution in [-0.4, -0.2) is 34.0 Å². The van der Waals surface area contributed by atoms with E-state index in [0.717, 1.165) is 5.56 Å². The van der Waals surface area contributed by atoms with E-state index in [-0.39, 0.29) is 10.5 Å². The van der Waals surface area contributed by atoms with Crippen LogP contribution in [0.3, 0.4) is 0 Å². The smallest absolute Gasteiger partial charge is 0.338 e. The second kappa shape index (κ2) is 9.97. The molecule has 0 aliphatic heterocycles. The number of nitrogens with one attached hydrogen (secondary N) is 2. The molecule has 0 unspecified atom stereocenters. The van der Waals surface area contributed by atoms with Gasteiger partial charge < -0.3 is 14.8 Å². The van der Waals surface area contributed by atoms with E-state index < -0.39 is 28.5 Å². The molecule has 32 heavy (non-hydrogen) atoms. The lowest BCUT2D eigenvalue weighted by molar-refractivity contribution is -0.119. The topological polar surface area (TPSA) is 111 Å². The van der Waals surface area contributed by atoms with Crippen LogP contribution in [-0.2, 0) is 19.6 Å². The van der Waals surface area contributed by atoms with Crippen LogP contribution in [0, 0.1) is 6.92 Å². The lowest BCUT2D eigenvalue weighted by Gasteiger charge is -2.10. The Hall–Kier alpha value is -3.85. The van der Waals surface area contributed by atoms with Gasteiger partial charge in [0.2, 0.25) is 0 Å². The van der Waals surface area contributed by atoms with Crippen LogP contribution >= 0.6 is 0 Å². The van der Waals surface area contributed by atoms with Crippen molar-refractivity contribution in [1.29, 1.82) is 0 Å². The highest BCUT2D eigenvalue weighted by Gasteiger charge is 2.18. The van der Waals surface area contributed by atoms with E-state index in [1.54, 1.807) is 42.5 Å². The Balaban J connectivity index is 1.63. The van der Waals surface area contributed by atoms with Crippen molar-refractivity contribution in [3.63, 3.8) is 0 Å². The molecule has 8 nitrogen and oxygen atoms in total. The Labute approximate surface area is 186 Å². The summed E-state index contributed by atoms with van der Waals surface area (Å²) in [6.07, 6.45) is 0. The Morgan fingerprint density at radius 2 is 1.62 bits per heavy atom. The fourth-order valence-corrected chi connectivity index (χ4v) is 3.90. The van der Waals surface area contributed by atoms with Gasteiger partial charge in [0.1, 0.15) is 5.75 Å². The molecule has 0 saturated carbocycles. The van der Waals surface area contributed by atoms with Crippen LogP contribution in [0.2, 0.25) is 0 Å². The van der Waals surface area contributed by atoms with Gasteiger partial charge in [0, 0.05) is 11.4 Å². The van der Waals surface area contributed by atoms with E-state index in [0.29, 0.717) is 17.1 Å². The largest absolute Gasteiger partial charge is 0.497 e. The monoisotopic (exact) mass is 454 g/mol. The van der Waals surface area contributed by atoms with Crippen LogP contribution < -0.4 is 14.8 Å². The molecule has 0 spiro atoms. The van der Waals surface area contributed by atoms with E-state index in [1.165, 1.54) is 31.4 Å². The molecule has 3 aromatic rings. The normalized spacial score (nSPS) is 10.8. The summed E-state index contributed by atoms with van der Waals surface area (Å²) in [5, 5.41) is 2.63. The van der Waals surface area contributed by atoms with Gasteiger partial charge in [0.25, 0.3) is 15.9 Å². The number of carbonyl (C=O) groups excluding carboxylic acids is 2. The molecule has 0 saturated heterocycles. The SMILES string of the molecule is COc1ccc(NS(=O)(=O)c2cccc(C(=O)OCC(=O)Nc3cccc(C)c3)c2)cc1. The summed E-state index contributed by atoms with van der Waals surface area (Å²) < 4.78 is 37.8. The van der Waals surface area contributed by atoms with Crippen molar-refractivity contribution in [3.8, 4) is 5.75 Å². The number of amides is 1. The molecule has 0 bridgehead atoms. The highest BCUT2D eigenvalue weighted by atomic mass is 32.2. The fraction of sp³-hybridized carbons (Fsp3) is 0.130. The summed E-state index contributed by atoms with van der Waals surface area (Å²) in [7, 11) is -2.43. The number of ether oxygens (including phenoxy) is 2. The number of anilines is 2. The van der Waals surface area contributed by atoms with Crippen LogP contribution in [0.15, 0.2) is 77.7 Å². The van der Waals surface area contributed by atoms with Gasteiger partial charge in [-0.2, -0.15) is 0 Å². The van der Waals surface area contributed by atoms with Crippen LogP contribution in [0.25, 0.3) is 0 Å². The summed E-state index contributed by atoms with van der Waals surface area (Å²) >= 11 is 0. The van der Waals surface area contributed by atoms with E-state index in [4.69, 9.17) is 9.47 Å². The van der Waals surface area contributed by atoms with Gasteiger partial charge in [-0.05, 0) is 67.1 Å². The lowest BCUT2D eigenvalue weighted by atomic mass is 10.2. The number of carbonyl (C=O) groups is 2. The number of aryl methyl sites for hydroxylation is 1. The third-order valence-corrected chi connectivity index (χ3v) is 5.74. The average molecular weight is 455 g/mol. The van der Waals surface area contributed by atoms with Crippen molar-refractivity contribution >= 4 is 33.3 Å². The first-order chi connectivity index (χ1) is 15.3. The van der Waals surface area contributed by atoms with E-state index >= 15 is 0 Å². The third-order valence-electron chi connectivity index (χ3n) is 4.36. The number of methoxy groups -OCH3 is 1. The maximum absolute atomic E-state index is 12.7. The van der Waals surface area contributed by atoms with Crippen molar-refractivity contribution in [2.45, 2.75) is 11.8 Å². The molecular formula is C23H22N2O6S. The summed E-state index contributed by atoms with van der Waals surface area (Å²) in [5.41, 5.74) is 1.90. The number of sulfonamides is 1. The van der Waals surface area contributed by atoms with Crippen molar-refractivity contribution in [2.75, 3.05) is 23.8 Å². The Bertz CT molecular complexity index is 1220. The highest BCUT2D eigenvalue weighted by Crippen LogP contribution is 2.20. The molecular weight excluding hydrogens is 432 g/mol. The summed E-state index contributed by atoms with van der Waals surface area (Å²) in [4.78, 5) is 24.2. The fourth-order valence-electron chi connectivity index (χ4n) is 2.80. The van der Waals surface area contributed by atoms with Crippen LogP contribution in [0.4, 0.5) is 11.4 Å². The van der Waals surface area contributed by atoms with Crippen molar-refractivity contribution in [3.05, 3.63) is 83.9 Å². The van der Waals surface area contributed by atoms with Gasteiger partial charge in [-0.15, -0.1) is 0 Å². The summed E-state index contributed by atoms with van der Waals surface area (Å²) in [6.45, 7) is 1.38. The molecule has 0 fully saturated rings. The molecule has 0 aliphatic rings. The third kappa shape index (κ3) is 6.08. The molecule has 166 valence electrons. The van der Waals surface area contributed by atoms with E-state index in [9.17, 15) is 18.0 Å². The molecule has 2 N–H and O–H groups in total. The number of hydrogen-bond donors (Lipinski definition) is 2. The van der Waals surface area contributed by atoms with E-state index in [1.807, 2.05) is 13.0 Å². The minimum absolute atomic E-state index is 0.00552. The second-order valence-corrected chi connectivity index (χ2v) is 8.54. The molecule has 0 aliphatic carbocycles. The molecule has 9 heteroatoms.